The summed E-state index contributed by atoms with van der Waals surface area (Å²) in [7, 11) is 0. The third kappa shape index (κ3) is 3.14. The fourth-order valence-electron chi connectivity index (χ4n) is 1.48. The summed E-state index contributed by atoms with van der Waals surface area (Å²) >= 11 is 1.43. The molecule has 0 aromatic heterocycles. The van der Waals surface area contributed by atoms with Crippen molar-refractivity contribution in [2.45, 2.75) is 10.6 Å². The summed E-state index contributed by atoms with van der Waals surface area (Å²) in [6.07, 6.45) is 0. The number of benzene rings is 2. The monoisotopic (exact) mass is 248 g/mol. The maximum atomic E-state index is 13.5. The first kappa shape index (κ1) is 11.8. The van der Waals surface area contributed by atoms with E-state index >= 15 is 0 Å². The molecule has 2 aromatic rings. The fraction of sp³-hybridized carbons (Fsp3) is 0.0769. The van der Waals surface area contributed by atoms with E-state index in [0.29, 0.717) is 16.3 Å². The highest BCUT2D eigenvalue weighted by Crippen LogP contribution is 2.27. The average Bonchev–Trinajstić information content (AvgIpc) is 2.28. The largest absolute Gasteiger partial charge is 0.399 e. The van der Waals surface area contributed by atoms with E-state index < -0.39 is 0 Å². The van der Waals surface area contributed by atoms with E-state index in [1.54, 1.807) is 12.1 Å². The van der Waals surface area contributed by atoms with Crippen molar-refractivity contribution in [3.05, 3.63) is 53.8 Å². The van der Waals surface area contributed by atoms with Crippen molar-refractivity contribution >= 4 is 23.1 Å². The van der Waals surface area contributed by atoms with E-state index in [-0.39, 0.29) is 5.82 Å². The van der Waals surface area contributed by atoms with Crippen LogP contribution >= 0.6 is 11.8 Å². The van der Waals surface area contributed by atoms with Crippen molar-refractivity contribution in [2.24, 2.45) is 0 Å². The van der Waals surface area contributed by atoms with Crippen LogP contribution in [-0.4, -0.2) is 0 Å². The summed E-state index contributed by atoms with van der Waals surface area (Å²) in [5, 5.41) is 0. The van der Waals surface area contributed by atoms with E-state index in [1.165, 1.54) is 17.8 Å². The van der Waals surface area contributed by atoms with Crippen molar-refractivity contribution < 1.29 is 4.39 Å². The number of nitrogens with two attached hydrogens (primary N) is 2. The molecule has 0 aliphatic rings. The zero-order valence-corrected chi connectivity index (χ0v) is 10.0. The number of thioether (sulfide) groups is 1. The fourth-order valence-corrected chi connectivity index (χ4v) is 2.34. The van der Waals surface area contributed by atoms with Crippen molar-refractivity contribution in [1.29, 1.82) is 0 Å². The molecule has 0 bridgehead atoms. The van der Waals surface area contributed by atoms with Gasteiger partial charge in [0.1, 0.15) is 5.82 Å². The molecular weight excluding hydrogens is 235 g/mol. The van der Waals surface area contributed by atoms with Crippen molar-refractivity contribution in [3.63, 3.8) is 0 Å². The molecule has 0 aliphatic carbocycles. The molecule has 0 unspecified atom stereocenters. The number of hydrogen-bond acceptors (Lipinski definition) is 3. The normalized spacial score (nSPS) is 10.4. The van der Waals surface area contributed by atoms with Crippen LogP contribution in [0, 0.1) is 5.82 Å². The summed E-state index contributed by atoms with van der Waals surface area (Å²) in [5.41, 5.74) is 13.4. The summed E-state index contributed by atoms with van der Waals surface area (Å²) in [4.78, 5) is 0.599. The molecule has 0 spiro atoms. The molecule has 0 atom stereocenters. The van der Waals surface area contributed by atoms with E-state index in [0.717, 1.165) is 11.3 Å². The highest BCUT2D eigenvalue weighted by atomic mass is 32.2. The molecule has 2 rings (SSSR count). The quantitative estimate of drug-likeness (QED) is 0.647. The Morgan fingerprint density at radius 2 is 1.76 bits per heavy atom. The second kappa shape index (κ2) is 5.10. The average molecular weight is 248 g/mol. The molecule has 88 valence electrons. The van der Waals surface area contributed by atoms with Crippen LogP contribution in [0.2, 0.25) is 0 Å². The smallest absolute Gasteiger partial charge is 0.138 e. The standard InChI is InChI=1S/C13H13FN2S/c14-12-7-11(16)4-5-13(12)17-8-9-2-1-3-10(15)6-9/h1-7H,8,15-16H2. The summed E-state index contributed by atoms with van der Waals surface area (Å²) in [6.45, 7) is 0. The number of hydrogen-bond donors (Lipinski definition) is 2. The van der Waals surface area contributed by atoms with Crippen LogP contribution in [0.4, 0.5) is 15.8 Å². The van der Waals surface area contributed by atoms with Crippen LogP contribution < -0.4 is 11.5 Å². The lowest BCUT2D eigenvalue weighted by molar-refractivity contribution is 0.603. The molecule has 0 saturated carbocycles. The minimum absolute atomic E-state index is 0.279. The van der Waals surface area contributed by atoms with E-state index in [4.69, 9.17) is 11.5 Å². The molecule has 4 heteroatoms. The molecule has 2 nitrogen and oxygen atoms in total. The minimum Gasteiger partial charge on any atom is -0.399 e. The first-order valence-corrected chi connectivity index (χ1v) is 6.16. The first-order chi connectivity index (χ1) is 8.15. The van der Waals surface area contributed by atoms with Gasteiger partial charge >= 0.3 is 0 Å². The second-order valence-electron chi connectivity index (χ2n) is 3.72. The Hall–Kier alpha value is -1.68. The molecule has 0 fully saturated rings. The lowest BCUT2D eigenvalue weighted by Crippen LogP contribution is -1.90. The molecule has 4 N–H and O–H groups in total. The van der Waals surface area contributed by atoms with Crippen molar-refractivity contribution in [2.75, 3.05) is 11.5 Å². The summed E-state index contributed by atoms with van der Waals surface area (Å²) < 4.78 is 13.5. The lowest BCUT2D eigenvalue weighted by atomic mass is 10.2. The predicted molar refractivity (Wildman–Crippen MR) is 71.2 cm³/mol. The van der Waals surface area contributed by atoms with E-state index in [1.807, 2.05) is 24.3 Å². The van der Waals surface area contributed by atoms with Gasteiger partial charge < -0.3 is 11.5 Å². The molecule has 2 aromatic carbocycles. The SMILES string of the molecule is Nc1cccc(CSc2ccc(N)cc2F)c1. The molecule has 0 saturated heterocycles. The maximum absolute atomic E-state index is 13.5. The Morgan fingerprint density at radius 1 is 1.00 bits per heavy atom. The van der Waals surface area contributed by atoms with Gasteiger partial charge in [0.2, 0.25) is 0 Å². The molecule has 0 amide bonds. The number of halogens is 1. The third-order valence-electron chi connectivity index (χ3n) is 2.30. The lowest BCUT2D eigenvalue weighted by Gasteiger charge is -2.05. The number of rotatable bonds is 3. The van der Waals surface area contributed by atoms with Gasteiger partial charge in [-0.25, -0.2) is 4.39 Å². The van der Waals surface area contributed by atoms with E-state index in [9.17, 15) is 4.39 Å². The van der Waals surface area contributed by atoms with Gasteiger partial charge in [0.05, 0.1) is 0 Å². The van der Waals surface area contributed by atoms with Crippen LogP contribution in [0.3, 0.4) is 0 Å². The number of anilines is 2. The van der Waals surface area contributed by atoms with E-state index in [2.05, 4.69) is 0 Å². The van der Waals surface area contributed by atoms with Gasteiger partial charge in [-0.15, -0.1) is 11.8 Å². The maximum Gasteiger partial charge on any atom is 0.138 e. The molecule has 0 radical (unpaired) electrons. The second-order valence-corrected chi connectivity index (χ2v) is 4.74. The molecule has 17 heavy (non-hydrogen) atoms. The zero-order valence-electron chi connectivity index (χ0n) is 9.19. The van der Waals surface area contributed by atoms with Crippen LogP contribution in [0.1, 0.15) is 5.56 Å². The minimum atomic E-state index is -0.279. The van der Waals surface area contributed by atoms with Gasteiger partial charge in [0.15, 0.2) is 0 Å². The number of nitrogen functional groups attached to an aromatic ring is 2. The van der Waals surface area contributed by atoms with Crippen LogP contribution in [0.15, 0.2) is 47.4 Å². The molecule has 0 aliphatic heterocycles. The first-order valence-electron chi connectivity index (χ1n) is 5.17. The topological polar surface area (TPSA) is 52.0 Å². The van der Waals surface area contributed by atoms with Crippen molar-refractivity contribution in [3.8, 4) is 0 Å². The predicted octanol–water partition coefficient (Wildman–Crippen LogP) is 3.28. The Labute approximate surface area is 104 Å². The van der Waals surface area contributed by atoms with Crippen molar-refractivity contribution in [1.82, 2.24) is 0 Å². The van der Waals surface area contributed by atoms with Gasteiger partial charge in [-0.05, 0) is 35.9 Å². The Balaban J connectivity index is 2.07. The van der Waals surface area contributed by atoms with Crippen LogP contribution in [0.5, 0.6) is 0 Å². The highest BCUT2D eigenvalue weighted by molar-refractivity contribution is 7.98. The Kier molecular flexibility index (Phi) is 3.54. The van der Waals surface area contributed by atoms with Gasteiger partial charge in [-0.3, -0.25) is 0 Å². The van der Waals surface area contributed by atoms with Gasteiger partial charge in [-0.1, -0.05) is 12.1 Å². The van der Waals surface area contributed by atoms with Gasteiger partial charge in [0.25, 0.3) is 0 Å². The summed E-state index contributed by atoms with van der Waals surface area (Å²) in [5.74, 6) is 0.408. The Bertz CT molecular complexity index is 529. The molecular formula is C13H13FN2S. The van der Waals surface area contributed by atoms with Gasteiger partial charge in [0, 0.05) is 22.0 Å². The van der Waals surface area contributed by atoms with Gasteiger partial charge in [-0.2, -0.15) is 0 Å². The summed E-state index contributed by atoms with van der Waals surface area (Å²) in [6, 6.07) is 12.3. The third-order valence-corrected chi connectivity index (χ3v) is 3.42. The Morgan fingerprint density at radius 3 is 2.47 bits per heavy atom. The molecule has 0 heterocycles. The highest BCUT2D eigenvalue weighted by Gasteiger charge is 2.03. The zero-order chi connectivity index (χ0) is 12.3. The van der Waals surface area contributed by atoms with Crippen LogP contribution in [-0.2, 0) is 5.75 Å². The van der Waals surface area contributed by atoms with Crippen LogP contribution in [0.25, 0.3) is 0 Å².